The number of rotatable bonds is 5. The van der Waals surface area contributed by atoms with Gasteiger partial charge in [-0.3, -0.25) is 4.98 Å². The van der Waals surface area contributed by atoms with Gasteiger partial charge in [0.2, 0.25) is 0 Å². The molecule has 0 fully saturated rings. The van der Waals surface area contributed by atoms with Crippen LogP contribution < -0.4 is 5.73 Å². The van der Waals surface area contributed by atoms with Crippen molar-refractivity contribution in [1.29, 1.82) is 0 Å². The first-order chi connectivity index (χ1) is 9.26. The Labute approximate surface area is 110 Å². The number of pyridine rings is 1. The molecule has 0 unspecified atom stereocenters. The maximum Gasteiger partial charge on any atom is 0.360 e. The van der Waals surface area contributed by atoms with E-state index in [-0.39, 0.29) is 5.69 Å². The normalized spacial score (nSPS) is 10.4. The lowest BCUT2D eigenvalue weighted by atomic mass is 10.2. The molecule has 2 rings (SSSR count). The Morgan fingerprint density at radius 3 is 3.00 bits per heavy atom. The zero-order chi connectivity index (χ0) is 13.7. The smallest absolute Gasteiger partial charge is 0.360 e. The van der Waals surface area contributed by atoms with E-state index in [1.165, 1.54) is 7.11 Å². The second-order valence-electron chi connectivity index (χ2n) is 3.93. The van der Waals surface area contributed by atoms with Crippen molar-refractivity contribution in [3.8, 4) is 0 Å². The lowest BCUT2D eigenvalue weighted by molar-refractivity contribution is 0.0592. The van der Waals surface area contributed by atoms with Gasteiger partial charge in [-0.05, 0) is 18.2 Å². The molecule has 2 aromatic heterocycles. The third-order valence-corrected chi connectivity index (χ3v) is 2.65. The number of hydrogen-bond donors (Lipinski definition) is 1. The number of nitrogens with zero attached hydrogens (tertiary/aromatic N) is 4. The Kier molecular flexibility index (Phi) is 4.19. The molecule has 0 atom stereocenters. The molecular formula is C12H15N5O2. The molecule has 0 aliphatic heterocycles. The summed E-state index contributed by atoms with van der Waals surface area (Å²) < 4.78 is 6.33. The van der Waals surface area contributed by atoms with E-state index in [4.69, 9.17) is 5.73 Å². The van der Waals surface area contributed by atoms with E-state index in [0.29, 0.717) is 25.2 Å². The predicted molar refractivity (Wildman–Crippen MR) is 67.5 cm³/mol. The van der Waals surface area contributed by atoms with E-state index in [9.17, 15) is 4.79 Å². The van der Waals surface area contributed by atoms with Crippen LogP contribution in [0.4, 0.5) is 0 Å². The van der Waals surface area contributed by atoms with Crippen LogP contribution in [0, 0.1) is 0 Å². The summed E-state index contributed by atoms with van der Waals surface area (Å²) in [6.45, 7) is 0.900. The number of hydrogen-bond acceptors (Lipinski definition) is 6. The minimum Gasteiger partial charge on any atom is -0.464 e. The van der Waals surface area contributed by atoms with Crippen LogP contribution in [0.15, 0.2) is 24.5 Å². The largest absolute Gasteiger partial charge is 0.464 e. The molecule has 0 saturated heterocycles. The number of methoxy groups -OCH3 is 1. The fourth-order valence-electron chi connectivity index (χ4n) is 1.76. The Morgan fingerprint density at radius 1 is 1.53 bits per heavy atom. The number of esters is 1. The summed E-state index contributed by atoms with van der Waals surface area (Å²) in [5.74, 6) is -0.499. The van der Waals surface area contributed by atoms with Gasteiger partial charge in [0.15, 0.2) is 5.69 Å². The van der Waals surface area contributed by atoms with Crippen LogP contribution in [0.3, 0.4) is 0 Å². The van der Waals surface area contributed by atoms with Crippen molar-refractivity contribution in [2.45, 2.75) is 13.0 Å². The molecule has 2 aromatic rings. The molecule has 0 aliphatic carbocycles. The molecular weight excluding hydrogens is 246 g/mol. The average molecular weight is 261 g/mol. The highest BCUT2D eigenvalue weighted by Crippen LogP contribution is 2.10. The predicted octanol–water partition coefficient (Wildman–Crippen LogP) is 0.00920. The highest BCUT2D eigenvalue weighted by atomic mass is 16.5. The van der Waals surface area contributed by atoms with Crippen LogP contribution in [0.2, 0.25) is 0 Å². The van der Waals surface area contributed by atoms with E-state index >= 15 is 0 Å². The zero-order valence-corrected chi connectivity index (χ0v) is 10.6. The van der Waals surface area contributed by atoms with Gasteiger partial charge in [-0.2, -0.15) is 0 Å². The van der Waals surface area contributed by atoms with E-state index in [0.717, 1.165) is 5.56 Å². The van der Waals surface area contributed by atoms with Crippen molar-refractivity contribution in [3.05, 3.63) is 41.5 Å². The average Bonchev–Trinajstić information content (AvgIpc) is 2.83. The minimum absolute atomic E-state index is 0.219. The molecule has 0 aliphatic rings. The Hall–Kier alpha value is -2.28. The van der Waals surface area contributed by atoms with Crippen LogP contribution in [-0.2, 0) is 17.7 Å². The highest BCUT2D eigenvalue weighted by molar-refractivity contribution is 5.88. The van der Waals surface area contributed by atoms with Crippen molar-refractivity contribution in [2.24, 2.45) is 5.73 Å². The number of carbonyl (C=O) groups is 1. The van der Waals surface area contributed by atoms with Gasteiger partial charge < -0.3 is 10.5 Å². The van der Waals surface area contributed by atoms with Crippen LogP contribution >= 0.6 is 0 Å². The van der Waals surface area contributed by atoms with Gasteiger partial charge in [0, 0.05) is 18.8 Å². The molecule has 7 heteroatoms. The van der Waals surface area contributed by atoms with Gasteiger partial charge in [0.25, 0.3) is 0 Å². The van der Waals surface area contributed by atoms with Gasteiger partial charge in [0.1, 0.15) is 0 Å². The fraction of sp³-hybridized carbons (Fsp3) is 0.333. The molecule has 0 radical (unpaired) electrons. The van der Waals surface area contributed by atoms with Gasteiger partial charge in [-0.1, -0.05) is 11.3 Å². The second-order valence-corrected chi connectivity index (χ2v) is 3.93. The summed E-state index contributed by atoms with van der Waals surface area (Å²) in [4.78, 5) is 15.6. The van der Waals surface area contributed by atoms with Gasteiger partial charge in [-0.15, -0.1) is 5.10 Å². The molecule has 19 heavy (non-hydrogen) atoms. The zero-order valence-electron chi connectivity index (χ0n) is 10.6. The monoisotopic (exact) mass is 261 g/mol. The summed E-state index contributed by atoms with van der Waals surface area (Å²) in [5, 5.41) is 7.85. The molecule has 0 saturated carbocycles. The van der Waals surface area contributed by atoms with Crippen LogP contribution in [0.5, 0.6) is 0 Å². The second kappa shape index (κ2) is 6.05. The molecule has 0 aromatic carbocycles. The fourth-order valence-corrected chi connectivity index (χ4v) is 1.76. The maximum absolute atomic E-state index is 11.6. The van der Waals surface area contributed by atoms with E-state index in [1.54, 1.807) is 17.1 Å². The number of ether oxygens (including phenoxy) is 1. The topological polar surface area (TPSA) is 95.9 Å². The number of aromatic nitrogens is 4. The molecule has 7 nitrogen and oxygen atoms in total. The number of nitrogens with two attached hydrogens (primary N) is 1. The lowest BCUT2D eigenvalue weighted by Crippen LogP contribution is -2.14. The van der Waals surface area contributed by atoms with Crippen molar-refractivity contribution in [2.75, 3.05) is 13.7 Å². The van der Waals surface area contributed by atoms with Gasteiger partial charge >= 0.3 is 5.97 Å². The van der Waals surface area contributed by atoms with Gasteiger partial charge in [0.05, 0.1) is 19.3 Å². The Morgan fingerprint density at radius 2 is 2.37 bits per heavy atom. The summed E-state index contributed by atoms with van der Waals surface area (Å²) in [5.41, 5.74) is 7.43. The molecule has 0 bridgehead atoms. The van der Waals surface area contributed by atoms with E-state index < -0.39 is 5.97 Å². The summed E-state index contributed by atoms with van der Waals surface area (Å²) in [6, 6.07) is 3.77. The molecule has 0 amide bonds. The van der Waals surface area contributed by atoms with Crippen molar-refractivity contribution < 1.29 is 9.53 Å². The van der Waals surface area contributed by atoms with Crippen LogP contribution in [0.25, 0.3) is 0 Å². The van der Waals surface area contributed by atoms with Crippen molar-refractivity contribution in [1.82, 2.24) is 20.0 Å². The summed E-state index contributed by atoms with van der Waals surface area (Å²) >= 11 is 0. The third-order valence-electron chi connectivity index (χ3n) is 2.65. The SMILES string of the molecule is COC(=O)c1nnn(Cc2cccnc2)c1CCN. The first-order valence-electron chi connectivity index (χ1n) is 5.86. The van der Waals surface area contributed by atoms with E-state index in [1.807, 2.05) is 12.1 Å². The van der Waals surface area contributed by atoms with Crippen molar-refractivity contribution >= 4 is 5.97 Å². The number of carbonyl (C=O) groups excluding carboxylic acids is 1. The molecule has 0 spiro atoms. The molecule has 100 valence electrons. The third kappa shape index (κ3) is 2.94. The summed E-state index contributed by atoms with van der Waals surface area (Å²) in [7, 11) is 1.31. The first-order valence-corrected chi connectivity index (χ1v) is 5.86. The standard InChI is InChI=1S/C12H15N5O2/c1-19-12(18)11-10(4-5-13)17(16-15-11)8-9-3-2-6-14-7-9/h2-3,6-7H,4-5,8,13H2,1H3. The first kappa shape index (κ1) is 13.2. The van der Waals surface area contributed by atoms with E-state index in [2.05, 4.69) is 20.0 Å². The quantitative estimate of drug-likeness (QED) is 0.762. The minimum atomic E-state index is -0.499. The highest BCUT2D eigenvalue weighted by Gasteiger charge is 2.19. The Bertz CT molecular complexity index is 553. The van der Waals surface area contributed by atoms with Crippen LogP contribution in [0.1, 0.15) is 21.7 Å². The Balaban J connectivity index is 2.30. The van der Waals surface area contributed by atoms with Crippen LogP contribution in [-0.4, -0.2) is 39.6 Å². The van der Waals surface area contributed by atoms with Crippen molar-refractivity contribution in [3.63, 3.8) is 0 Å². The maximum atomic E-state index is 11.6. The lowest BCUT2D eigenvalue weighted by Gasteiger charge is -2.06. The molecule has 2 N–H and O–H groups in total. The summed E-state index contributed by atoms with van der Waals surface area (Å²) in [6.07, 6.45) is 3.95. The molecule has 2 heterocycles. The van der Waals surface area contributed by atoms with Gasteiger partial charge in [-0.25, -0.2) is 9.48 Å².